The molecule has 0 bridgehead atoms. The smallest absolute Gasteiger partial charge is 0.0243 e. The standard InChI is InChI=1S/C17H28N2/c1-13(2)9-18-10-14(3)15(4)19-11-16-7-5-6-8-17(16)12-19/h5-8,13-15,18H,9-12H2,1-4H3. The highest BCUT2D eigenvalue weighted by molar-refractivity contribution is 5.30. The molecule has 1 heterocycles. The molecule has 106 valence electrons. The van der Waals surface area contributed by atoms with Gasteiger partial charge < -0.3 is 5.32 Å². The molecular formula is C17H28N2. The van der Waals surface area contributed by atoms with Crippen LogP contribution in [0.25, 0.3) is 0 Å². The Hall–Kier alpha value is -0.860. The summed E-state index contributed by atoms with van der Waals surface area (Å²) < 4.78 is 0. The zero-order valence-electron chi connectivity index (χ0n) is 12.8. The lowest BCUT2D eigenvalue weighted by Gasteiger charge is -2.29. The van der Waals surface area contributed by atoms with Crippen LogP contribution in [-0.4, -0.2) is 24.0 Å². The van der Waals surface area contributed by atoms with Crippen molar-refractivity contribution < 1.29 is 0 Å². The molecule has 2 nitrogen and oxygen atoms in total. The van der Waals surface area contributed by atoms with Crippen LogP contribution < -0.4 is 5.32 Å². The summed E-state index contributed by atoms with van der Waals surface area (Å²) in [4.78, 5) is 2.60. The Kier molecular flexibility index (Phi) is 5.00. The minimum Gasteiger partial charge on any atom is -0.316 e. The SMILES string of the molecule is CC(C)CNCC(C)C(C)N1Cc2ccccc2C1. The Bertz CT molecular complexity index is 375. The molecule has 1 aliphatic heterocycles. The van der Waals surface area contributed by atoms with Crippen LogP contribution in [0.5, 0.6) is 0 Å². The van der Waals surface area contributed by atoms with Crippen LogP contribution in [0.4, 0.5) is 0 Å². The third kappa shape index (κ3) is 3.80. The molecule has 1 N–H and O–H groups in total. The van der Waals surface area contributed by atoms with E-state index in [0.717, 1.165) is 32.1 Å². The maximum Gasteiger partial charge on any atom is 0.0243 e. The van der Waals surface area contributed by atoms with Gasteiger partial charge in [-0.05, 0) is 43.0 Å². The van der Waals surface area contributed by atoms with E-state index in [4.69, 9.17) is 0 Å². The van der Waals surface area contributed by atoms with Crippen LogP contribution in [-0.2, 0) is 13.1 Å². The van der Waals surface area contributed by atoms with E-state index >= 15 is 0 Å². The third-order valence-electron chi connectivity index (χ3n) is 4.28. The zero-order chi connectivity index (χ0) is 13.8. The first kappa shape index (κ1) is 14.5. The molecule has 0 spiro atoms. The highest BCUT2D eigenvalue weighted by Gasteiger charge is 2.25. The van der Waals surface area contributed by atoms with Crippen molar-refractivity contribution in [2.24, 2.45) is 11.8 Å². The summed E-state index contributed by atoms with van der Waals surface area (Å²) in [6.07, 6.45) is 0. The van der Waals surface area contributed by atoms with Gasteiger partial charge in [0.25, 0.3) is 0 Å². The number of nitrogens with zero attached hydrogens (tertiary/aromatic N) is 1. The van der Waals surface area contributed by atoms with Crippen LogP contribution in [0.15, 0.2) is 24.3 Å². The van der Waals surface area contributed by atoms with Gasteiger partial charge in [-0.3, -0.25) is 4.90 Å². The van der Waals surface area contributed by atoms with E-state index in [1.165, 1.54) is 11.1 Å². The van der Waals surface area contributed by atoms with Gasteiger partial charge in [-0.15, -0.1) is 0 Å². The fourth-order valence-electron chi connectivity index (χ4n) is 2.78. The van der Waals surface area contributed by atoms with Gasteiger partial charge in [0.15, 0.2) is 0 Å². The largest absolute Gasteiger partial charge is 0.316 e. The molecule has 2 unspecified atom stereocenters. The quantitative estimate of drug-likeness (QED) is 0.844. The first-order chi connectivity index (χ1) is 9.08. The highest BCUT2D eigenvalue weighted by atomic mass is 15.2. The minimum atomic E-state index is 0.632. The van der Waals surface area contributed by atoms with Gasteiger partial charge in [-0.1, -0.05) is 45.0 Å². The van der Waals surface area contributed by atoms with Gasteiger partial charge in [-0.2, -0.15) is 0 Å². The van der Waals surface area contributed by atoms with Crippen molar-refractivity contribution in [3.8, 4) is 0 Å². The van der Waals surface area contributed by atoms with Crippen molar-refractivity contribution in [3.05, 3.63) is 35.4 Å². The van der Waals surface area contributed by atoms with Crippen molar-refractivity contribution in [2.75, 3.05) is 13.1 Å². The number of nitrogens with one attached hydrogen (secondary N) is 1. The molecule has 2 atom stereocenters. The molecule has 0 saturated heterocycles. The maximum absolute atomic E-state index is 3.58. The summed E-state index contributed by atoms with van der Waals surface area (Å²) in [5, 5.41) is 3.58. The molecule has 1 aromatic carbocycles. The third-order valence-corrected chi connectivity index (χ3v) is 4.28. The van der Waals surface area contributed by atoms with Gasteiger partial charge >= 0.3 is 0 Å². The number of benzene rings is 1. The number of hydrogen-bond acceptors (Lipinski definition) is 2. The topological polar surface area (TPSA) is 15.3 Å². The molecule has 1 aliphatic rings. The van der Waals surface area contributed by atoms with E-state index in [1.807, 2.05) is 0 Å². The second kappa shape index (κ2) is 6.53. The molecule has 0 saturated carbocycles. The summed E-state index contributed by atoms with van der Waals surface area (Å²) in [5.41, 5.74) is 3.02. The first-order valence-corrected chi connectivity index (χ1v) is 7.59. The van der Waals surface area contributed by atoms with Crippen molar-refractivity contribution in [1.82, 2.24) is 10.2 Å². The molecule has 19 heavy (non-hydrogen) atoms. The van der Waals surface area contributed by atoms with Gasteiger partial charge in [0.2, 0.25) is 0 Å². The fraction of sp³-hybridized carbons (Fsp3) is 0.647. The Morgan fingerprint density at radius 1 is 1.00 bits per heavy atom. The van der Waals surface area contributed by atoms with Crippen LogP contribution in [0, 0.1) is 11.8 Å². The highest BCUT2D eigenvalue weighted by Crippen LogP contribution is 2.26. The van der Waals surface area contributed by atoms with E-state index in [0.29, 0.717) is 12.0 Å². The van der Waals surface area contributed by atoms with Gasteiger partial charge in [0.1, 0.15) is 0 Å². The maximum atomic E-state index is 3.58. The summed E-state index contributed by atoms with van der Waals surface area (Å²) >= 11 is 0. The monoisotopic (exact) mass is 260 g/mol. The molecule has 1 aromatic rings. The number of fused-ring (bicyclic) bond motifs is 1. The molecule has 0 aliphatic carbocycles. The number of hydrogen-bond donors (Lipinski definition) is 1. The average Bonchev–Trinajstić information content (AvgIpc) is 2.80. The Balaban J connectivity index is 1.83. The first-order valence-electron chi connectivity index (χ1n) is 7.59. The molecular weight excluding hydrogens is 232 g/mol. The van der Waals surface area contributed by atoms with E-state index in [9.17, 15) is 0 Å². The summed E-state index contributed by atoms with van der Waals surface area (Å²) in [5.74, 6) is 1.42. The Morgan fingerprint density at radius 2 is 1.58 bits per heavy atom. The molecule has 0 aromatic heterocycles. The van der Waals surface area contributed by atoms with Crippen LogP contribution in [0.3, 0.4) is 0 Å². The van der Waals surface area contributed by atoms with Gasteiger partial charge in [-0.25, -0.2) is 0 Å². The lowest BCUT2D eigenvalue weighted by Crippen LogP contribution is -2.39. The van der Waals surface area contributed by atoms with Crippen molar-refractivity contribution in [1.29, 1.82) is 0 Å². The molecule has 2 heteroatoms. The summed E-state index contributed by atoms with van der Waals surface area (Å²) in [7, 11) is 0. The van der Waals surface area contributed by atoms with Crippen molar-refractivity contribution in [3.63, 3.8) is 0 Å². The van der Waals surface area contributed by atoms with E-state index in [-0.39, 0.29) is 0 Å². The second-order valence-electron chi connectivity index (χ2n) is 6.44. The van der Waals surface area contributed by atoms with Crippen LogP contribution >= 0.6 is 0 Å². The molecule has 0 radical (unpaired) electrons. The lowest BCUT2D eigenvalue weighted by molar-refractivity contribution is 0.159. The predicted octanol–water partition coefficient (Wildman–Crippen LogP) is 3.27. The predicted molar refractivity (Wildman–Crippen MR) is 82.0 cm³/mol. The van der Waals surface area contributed by atoms with Crippen LogP contribution in [0.1, 0.15) is 38.8 Å². The number of rotatable bonds is 6. The van der Waals surface area contributed by atoms with Crippen LogP contribution in [0.2, 0.25) is 0 Å². The van der Waals surface area contributed by atoms with Gasteiger partial charge in [0.05, 0.1) is 0 Å². The van der Waals surface area contributed by atoms with E-state index in [2.05, 4.69) is 62.2 Å². The summed E-state index contributed by atoms with van der Waals surface area (Å²) in [6.45, 7) is 13.7. The Morgan fingerprint density at radius 3 is 2.11 bits per heavy atom. The molecule has 2 rings (SSSR count). The normalized spacial score (nSPS) is 18.6. The zero-order valence-corrected chi connectivity index (χ0v) is 12.8. The Labute approximate surface area is 118 Å². The lowest BCUT2D eigenvalue weighted by atomic mass is 10.0. The van der Waals surface area contributed by atoms with Gasteiger partial charge in [0, 0.05) is 19.1 Å². The molecule has 0 amide bonds. The average molecular weight is 260 g/mol. The minimum absolute atomic E-state index is 0.632. The summed E-state index contributed by atoms with van der Waals surface area (Å²) in [6, 6.07) is 9.47. The van der Waals surface area contributed by atoms with Crippen molar-refractivity contribution >= 4 is 0 Å². The fourth-order valence-corrected chi connectivity index (χ4v) is 2.78. The second-order valence-corrected chi connectivity index (χ2v) is 6.44. The molecule has 0 fully saturated rings. The van der Waals surface area contributed by atoms with E-state index in [1.54, 1.807) is 0 Å². The van der Waals surface area contributed by atoms with Crippen molar-refractivity contribution in [2.45, 2.75) is 46.8 Å². The van der Waals surface area contributed by atoms with E-state index < -0.39 is 0 Å².